The maximum atomic E-state index is 12.1. The molecule has 2 N–H and O–H groups in total. The van der Waals surface area contributed by atoms with E-state index in [9.17, 15) is 25.1 Å². The van der Waals surface area contributed by atoms with E-state index in [0.717, 1.165) is 6.07 Å². The zero-order chi connectivity index (χ0) is 18.9. The number of benzene rings is 1. The molecule has 0 aliphatic heterocycles. The molecule has 0 radical (unpaired) electrons. The van der Waals surface area contributed by atoms with Gasteiger partial charge in [-0.2, -0.15) is 5.26 Å². The first-order valence-electron chi connectivity index (χ1n) is 7.22. The molecule has 0 spiro atoms. The molecule has 0 saturated carbocycles. The predicted molar refractivity (Wildman–Crippen MR) is 89.3 cm³/mol. The third-order valence-corrected chi connectivity index (χ3v) is 3.06. The van der Waals surface area contributed by atoms with Crippen LogP contribution in [0.5, 0.6) is 11.5 Å². The van der Waals surface area contributed by atoms with Crippen LogP contribution in [0.2, 0.25) is 0 Å². The van der Waals surface area contributed by atoms with E-state index in [0.29, 0.717) is 18.7 Å². The summed E-state index contributed by atoms with van der Waals surface area (Å²) in [6, 6.07) is 4.02. The largest absolute Gasteiger partial charge is 0.504 e. The van der Waals surface area contributed by atoms with Gasteiger partial charge in [-0.1, -0.05) is 0 Å². The second kappa shape index (κ2) is 9.84. The van der Waals surface area contributed by atoms with E-state index in [2.05, 4.69) is 0 Å². The summed E-state index contributed by atoms with van der Waals surface area (Å²) in [6.07, 6.45) is 1.44. The highest BCUT2D eigenvalue weighted by molar-refractivity contribution is 5.97. The Hall–Kier alpha value is -3.08. The average molecular weight is 335 g/mol. The number of hydrogen-bond donors (Lipinski definition) is 2. The van der Waals surface area contributed by atoms with Crippen molar-refractivity contribution in [1.29, 1.82) is 5.26 Å². The summed E-state index contributed by atoms with van der Waals surface area (Å²) in [4.78, 5) is 23.7. The van der Waals surface area contributed by atoms with Crippen LogP contribution in [0.3, 0.4) is 0 Å². The molecule has 8 nitrogen and oxygen atoms in total. The number of nitriles is 1. The summed E-state index contributed by atoms with van der Waals surface area (Å²) in [5.74, 6) is -1.57. The Morgan fingerprint density at radius 1 is 1.38 bits per heavy atom. The van der Waals surface area contributed by atoms with Crippen molar-refractivity contribution in [2.24, 2.45) is 0 Å². The molecule has 0 heterocycles. The van der Waals surface area contributed by atoms with E-state index < -0.39 is 22.1 Å². The summed E-state index contributed by atoms with van der Waals surface area (Å²) < 4.78 is 0. The summed E-state index contributed by atoms with van der Waals surface area (Å²) in [7, 11) is 0. The molecule has 0 bridgehead atoms. The number of amides is 1. The SMILES string of the molecule is CC#N.CCN(CC)C(=O)/C(C)=C/c1cc(O)c(O)c([N+](=O)[O-])c1. The van der Waals surface area contributed by atoms with Crippen molar-refractivity contribution in [1.82, 2.24) is 4.90 Å². The van der Waals surface area contributed by atoms with Gasteiger partial charge in [0, 0.05) is 31.7 Å². The van der Waals surface area contributed by atoms with E-state index in [1.54, 1.807) is 17.9 Å². The van der Waals surface area contributed by atoms with Crippen molar-refractivity contribution in [2.45, 2.75) is 27.7 Å². The van der Waals surface area contributed by atoms with Crippen molar-refractivity contribution in [3.8, 4) is 17.6 Å². The van der Waals surface area contributed by atoms with Crippen LogP contribution < -0.4 is 0 Å². The molecule has 24 heavy (non-hydrogen) atoms. The van der Waals surface area contributed by atoms with Crippen LogP contribution in [0.15, 0.2) is 17.7 Å². The van der Waals surface area contributed by atoms with Gasteiger partial charge in [0.25, 0.3) is 0 Å². The Morgan fingerprint density at radius 3 is 2.29 bits per heavy atom. The van der Waals surface area contributed by atoms with Gasteiger partial charge in [-0.05, 0) is 38.5 Å². The number of aromatic hydroxyl groups is 2. The molecule has 0 aliphatic carbocycles. The van der Waals surface area contributed by atoms with Gasteiger partial charge in [-0.25, -0.2) is 0 Å². The molecule has 1 rings (SSSR count). The lowest BCUT2D eigenvalue weighted by Gasteiger charge is -2.18. The van der Waals surface area contributed by atoms with Crippen LogP contribution >= 0.6 is 0 Å². The van der Waals surface area contributed by atoms with Gasteiger partial charge >= 0.3 is 5.69 Å². The molecule has 0 aliphatic rings. The maximum absolute atomic E-state index is 12.1. The number of rotatable bonds is 5. The number of phenolic OH excluding ortho intramolecular Hbond substituents is 2. The fourth-order valence-electron chi connectivity index (χ4n) is 1.92. The zero-order valence-corrected chi connectivity index (χ0v) is 14.1. The molecule has 1 aromatic rings. The minimum Gasteiger partial charge on any atom is -0.504 e. The van der Waals surface area contributed by atoms with Gasteiger partial charge in [0.05, 0.1) is 11.0 Å². The molecule has 130 valence electrons. The van der Waals surface area contributed by atoms with Crippen LogP contribution in [0, 0.1) is 21.4 Å². The molecule has 0 aromatic heterocycles. The fourth-order valence-corrected chi connectivity index (χ4v) is 1.92. The third-order valence-electron chi connectivity index (χ3n) is 3.06. The van der Waals surface area contributed by atoms with Crippen molar-refractivity contribution in [2.75, 3.05) is 13.1 Å². The Kier molecular flexibility index (Phi) is 8.58. The molecule has 0 fully saturated rings. The normalized spacial score (nSPS) is 10.2. The summed E-state index contributed by atoms with van der Waals surface area (Å²) in [6.45, 7) is 7.84. The molecular formula is C16H21N3O5. The highest BCUT2D eigenvalue weighted by Gasteiger charge is 2.19. The smallest absolute Gasteiger partial charge is 0.315 e. The predicted octanol–water partition coefficient (Wildman–Crippen LogP) is 2.81. The van der Waals surface area contributed by atoms with Crippen molar-refractivity contribution in [3.05, 3.63) is 33.4 Å². The molecular weight excluding hydrogens is 314 g/mol. The van der Waals surface area contributed by atoms with Gasteiger partial charge in [-0.15, -0.1) is 0 Å². The number of nitro groups is 1. The second-order valence-corrected chi connectivity index (χ2v) is 4.69. The van der Waals surface area contributed by atoms with Crippen molar-refractivity contribution >= 4 is 17.7 Å². The summed E-state index contributed by atoms with van der Waals surface area (Å²) >= 11 is 0. The Balaban J connectivity index is 0.00000163. The summed E-state index contributed by atoms with van der Waals surface area (Å²) in [5, 5.41) is 37.0. The monoisotopic (exact) mass is 335 g/mol. The minimum absolute atomic E-state index is 0.185. The first kappa shape index (κ1) is 20.9. The molecule has 1 amide bonds. The van der Waals surface area contributed by atoms with Crippen LogP contribution in [-0.2, 0) is 4.79 Å². The molecule has 8 heteroatoms. The quantitative estimate of drug-likeness (QED) is 0.368. The summed E-state index contributed by atoms with van der Waals surface area (Å²) in [5.41, 5.74) is 0.0532. The number of likely N-dealkylation sites (N-methyl/N-ethyl adjacent to an activating group) is 1. The molecule has 0 saturated heterocycles. The number of nitrogens with zero attached hydrogens (tertiary/aromatic N) is 3. The Labute approximate surface area is 140 Å². The molecule has 0 atom stereocenters. The van der Waals surface area contributed by atoms with Gasteiger partial charge < -0.3 is 15.1 Å². The van der Waals surface area contributed by atoms with Crippen molar-refractivity contribution < 1.29 is 19.9 Å². The number of nitro benzene ring substituents is 1. The highest BCUT2D eigenvalue weighted by atomic mass is 16.6. The van der Waals surface area contributed by atoms with Crippen molar-refractivity contribution in [3.63, 3.8) is 0 Å². The van der Waals surface area contributed by atoms with Gasteiger partial charge in [-0.3, -0.25) is 14.9 Å². The topological polar surface area (TPSA) is 128 Å². The van der Waals surface area contributed by atoms with Gasteiger partial charge in [0.1, 0.15) is 0 Å². The molecule has 1 aromatic carbocycles. The lowest BCUT2D eigenvalue weighted by atomic mass is 10.1. The minimum atomic E-state index is -0.798. The van der Waals surface area contributed by atoms with Crippen LogP contribution in [0.25, 0.3) is 6.08 Å². The van der Waals surface area contributed by atoms with E-state index in [1.165, 1.54) is 19.1 Å². The number of carbonyl (C=O) groups excluding carboxylic acids is 1. The zero-order valence-electron chi connectivity index (χ0n) is 14.1. The van der Waals surface area contributed by atoms with E-state index >= 15 is 0 Å². The number of carbonyl (C=O) groups is 1. The standard InChI is InChI=1S/C14H18N2O5.C2H3N/c1-4-15(5-2)14(19)9(3)6-10-7-11(16(20)21)13(18)12(17)8-10;1-2-3/h6-8,17-18H,4-5H2,1-3H3;1H3/b9-6+;. The average Bonchev–Trinajstić information content (AvgIpc) is 2.52. The van der Waals surface area contributed by atoms with Gasteiger partial charge in [0.2, 0.25) is 11.7 Å². The molecule has 0 unspecified atom stereocenters. The van der Waals surface area contributed by atoms with Crippen LogP contribution in [0.4, 0.5) is 5.69 Å². The first-order chi connectivity index (χ1) is 11.2. The second-order valence-electron chi connectivity index (χ2n) is 4.69. The lowest BCUT2D eigenvalue weighted by molar-refractivity contribution is -0.386. The third kappa shape index (κ3) is 5.61. The van der Waals surface area contributed by atoms with E-state index in [4.69, 9.17) is 5.26 Å². The highest BCUT2D eigenvalue weighted by Crippen LogP contribution is 2.36. The number of hydrogen-bond acceptors (Lipinski definition) is 6. The first-order valence-corrected chi connectivity index (χ1v) is 7.22. The lowest BCUT2D eigenvalue weighted by Crippen LogP contribution is -2.30. The van der Waals surface area contributed by atoms with Crippen LogP contribution in [0.1, 0.15) is 33.3 Å². The van der Waals surface area contributed by atoms with Gasteiger partial charge in [0.15, 0.2) is 5.75 Å². The van der Waals surface area contributed by atoms with Crippen LogP contribution in [-0.4, -0.2) is 39.0 Å². The Bertz CT molecular complexity index is 673. The maximum Gasteiger partial charge on any atom is 0.315 e. The Morgan fingerprint density at radius 2 is 1.88 bits per heavy atom. The number of phenols is 2. The fraction of sp³-hybridized carbons (Fsp3) is 0.375. The van der Waals surface area contributed by atoms with E-state index in [1.807, 2.05) is 13.8 Å². The van der Waals surface area contributed by atoms with E-state index in [-0.39, 0.29) is 11.5 Å².